The van der Waals surface area contributed by atoms with E-state index in [2.05, 4.69) is 4.98 Å². The zero-order chi connectivity index (χ0) is 13.0. The molecule has 18 heavy (non-hydrogen) atoms. The van der Waals surface area contributed by atoms with Gasteiger partial charge in [0, 0.05) is 23.0 Å². The Morgan fingerprint density at radius 2 is 2.06 bits per heavy atom. The first-order valence-corrected chi connectivity index (χ1v) is 5.89. The number of carbonyl (C=O) groups is 1. The summed E-state index contributed by atoms with van der Waals surface area (Å²) in [5.41, 5.74) is 3.49. The van der Waals surface area contributed by atoms with Crippen LogP contribution >= 0.6 is 0 Å². The first-order valence-electron chi connectivity index (χ1n) is 5.89. The molecule has 0 atom stereocenters. The van der Waals surface area contributed by atoms with Crippen LogP contribution in [0.2, 0.25) is 0 Å². The second kappa shape index (κ2) is 5.45. The maximum atomic E-state index is 10.9. The van der Waals surface area contributed by atoms with E-state index in [0.29, 0.717) is 17.9 Å². The van der Waals surface area contributed by atoms with E-state index in [1.165, 1.54) is 0 Å². The topological polar surface area (TPSA) is 39.2 Å². The van der Waals surface area contributed by atoms with Crippen molar-refractivity contribution in [3.63, 3.8) is 0 Å². The summed E-state index contributed by atoms with van der Waals surface area (Å²) in [7, 11) is 0. The lowest BCUT2D eigenvalue weighted by Gasteiger charge is -2.08. The lowest BCUT2D eigenvalue weighted by molar-refractivity contribution is 0.112. The molecule has 0 saturated carbocycles. The highest BCUT2D eigenvalue weighted by Crippen LogP contribution is 2.25. The van der Waals surface area contributed by atoms with Gasteiger partial charge in [-0.2, -0.15) is 0 Å². The second-order valence-corrected chi connectivity index (χ2v) is 4.03. The zero-order valence-corrected chi connectivity index (χ0v) is 10.5. The van der Waals surface area contributed by atoms with Gasteiger partial charge in [0.1, 0.15) is 12.0 Å². The predicted octanol–water partition coefficient (Wildman–Crippen LogP) is 3.27. The Morgan fingerprint density at radius 1 is 1.22 bits per heavy atom. The van der Waals surface area contributed by atoms with E-state index < -0.39 is 0 Å². The number of ether oxygens (including phenoxy) is 1. The molecule has 2 rings (SSSR count). The summed E-state index contributed by atoms with van der Waals surface area (Å²) in [6, 6.07) is 9.43. The van der Waals surface area contributed by atoms with Crippen LogP contribution in [0.3, 0.4) is 0 Å². The van der Waals surface area contributed by atoms with E-state index in [4.69, 9.17) is 4.74 Å². The van der Waals surface area contributed by atoms with E-state index in [1.54, 1.807) is 12.3 Å². The Kier molecular flexibility index (Phi) is 3.72. The van der Waals surface area contributed by atoms with Crippen molar-refractivity contribution < 1.29 is 9.53 Å². The molecule has 0 aliphatic rings. The fourth-order valence-corrected chi connectivity index (χ4v) is 1.75. The molecule has 2 aromatic rings. The lowest BCUT2D eigenvalue weighted by Crippen LogP contribution is -1.94. The van der Waals surface area contributed by atoms with E-state index >= 15 is 0 Å². The molecule has 0 aliphatic carbocycles. The van der Waals surface area contributed by atoms with E-state index in [-0.39, 0.29) is 0 Å². The largest absolute Gasteiger partial charge is 0.494 e. The molecule has 92 valence electrons. The molecule has 0 fully saturated rings. The molecular formula is C15H15NO2. The van der Waals surface area contributed by atoms with E-state index in [0.717, 1.165) is 23.1 Å². The Labute approximate surface area is 106 Å². The van der Waals surface area contributed by atoms with Gasteiger partial charge < -0.3 is 4.74 Å². The van der Waals surface area contributed by atoms with Gasteiger partial charge >= 0.3 is 0 Å². The van der Waals surface area contributed by atoms with Crippen LogP contribution in [0.5, 0.6) is 5.75 Å². The number of hydrogen-bond acceptors (Lipinski definition) is 3. The maximum absolute atomic E-state index is 10.9. The SMILES string of the molecule is CCOc1cc(C=O)cc(-c2ccc(C)nc2)c1. The van der Waals surface area contributed by atoms with Crippen LogP contribution in [0, 0.1) is 6.92 Å². The van der Waals surface area contributed by atoms with Crippen LogP contribution < -0.4 is 4.74 Å². The Hall–Kier alpha value is -2.16. The van der Waals surface area contributed by atoms with Crippen molar-refractivity contribution in [3.8, 4) is 16.9 Å². The standard InChI is InChI=1S/C15H15NO2/c1-3-18-15-7-12(10-17)6-14(8-15)13-5-4-11(2)16-9-13/h4-10H,3H2,1-2H3. The molecule has 0 amide bonds. The molecule has 1 aromatic heterocycles. The molecule has 1 aromatic carbocycles. The van der Waals surface area contributed by atoms with Gasteiger partial charge in [0.2, 0.25) is 0 Å². The molecule has 1 heterocycles. The fourth-order valence-electron chi connectivity index (χ4n) is 1.75. The first kappa shape index (κ1) is 12.3. The van der Waals surface area contributed by atoms with Gasteiger partial charge in [-0.3, -0.25) is 9.78 Å². The molecule has 3 nitrogen and oxygen atoms in total. The zero-order valence-electron chi connectivity index (χ0n) is 10.5. The summed E-state index contributed by atoms with van der Waals surface area (Å²) in [6.45, 7) is 4.44. The monoisotopic (exact) mass is 241 g/mol. The van der Waals surface area contributed by atoms with Crippen molar-refractivity contribution in [1.29, 1.82) is 0 Å². The summed E-state index contributed by atoms with van der Waals surface area (Å²) in [4.78, 5) is 15.2. The van der Waals surface area contributed by atoms with Crippen LogP contribution in [0.15, 0.2) is 36.5 Å². The third-order valence-electron chi connectivity index (χ3n) is 2.62. The summed E-state index contributed by atoms with van der Waals surface area (Å²) in [6.07, 6.45) is 2.63. The third-order valence-corrected chi connectivity index (χ3v) is 2.62. The minimum Gasteiger partial charge on any atom is -0.494 e. The normalized spacial score (nSPS) is 10.1. The average Bonchev–Trinajstić information content (AvgIpc) is 2.39. The van der Waals surface area contributed by atoms with Crippen molar-refractivity contribution in [2.24, 2.45) is 0 Å². The van der Waals surface area contributed by atoms with Gasteiger partial charge in [0.25, 0.3) is 0 Å². The number of benzene rings is 1. The minimum atomic E-state index is 0.577. The smallest absolute Gasteiger partial charge is 0.150 e. The molecular weight excluding hydrogens is 226 g/mol. The first-order chi connectivity index (χ1) is 8.72. The van der Waals surface area contributed by atoms with Crippen molar-refractivity contribution >= 4 is 6.29 Å². The summed E-state index contributed by atoms with van der Waals surface area (Å²) in [5, 5.41) is 0. The van der Waals surface area contributed by atoms with Crippen molar-refractivity contribution in [3.05, 3.63) is 47.8 Å². The average molecular weight is 241 g/mol. The minimum absolute atomic E-state index is 0.577. The number of aldehydes is 1. The van der Waals surface area contributed by atoms with Crippen molar-refractivity contribution in [2.75, 3.05) is 6.61 Å². The third kappa shape index (κ3) is 2.74. The Morgan fingerprint density at radius 3 is 2.67 bits per heavy atom. The van der Waals surface area contributed by atoms with Gasteiger partial charge in [-0.05, 0) is 43.7 Å². The van der Waals surface area contributed by atoms with Crippen LogP contribution in [0.1, 0.15) is 23.0 Å². The molecule has 3 heteroatoms. The number of aromatic nitrogens is 1. The van der Waals surface area contributed by atoms with Crippen LogP contribution in [0.25, 0.3) is 11.1 Å². The van der Waals surface area contributed by atoms with Crippen LogP contribution in [0.4, 0.5) is 0 Å². The highest BCUT2D eigenvalue weighted by atomic mass is 16.5. The summed E-state index contributed by atoms with van der Waals surface area (Å²) < 4.78 is 5.45. The molecule has 0 radical (unpaired) electrons. The number of carbonyl (C=O) groups excluding carboxylic acids is 1. The van der Waals surface area contributed by atoms with Crippen molar-refractivity contribution in [2.45, 2.75) is 13.8 Å². The van der Waals surface area contributed by atoms with Gasteiger partial charge in [-0.25, -0.2) is 0 Å². The summed E-state index contributed by atoms with van der Waals surface area (Å²) in [5.74, 6) is 0.706. The van der Waals surface area contributed by atoms with Gasteiger partial charge in [0.05, 0.1) is 6.61 Å². The van der Waals surface area contributed by atoms with E-state index in [9.17, 15) is 4.79 Å². The number of hydrogen-bond donors (Lipinski definition) is 0. The predicted molar refractivity (Wildman–Crippen MR) is 71.0 cm³/mol. The van der Waals surface area contributed by atoms with Crippen LogP contribution in [-0.4, -0.2) is 17.9 Å². The van der Waals surface area contributed by atoms with Gasteiger partial charge in [-0.15, -0.1) is 0 Å². The molecule has 0 bridgehead atoms. The number of aryl methyl sites for hydroxylation is 1. The van der Waals surface area contributed by atoms with Crippen LogP contribution in [-0.2, 0) is 0 Å². The maximum Gasteiger partial charge on any atom is 0.150 e. The van der Waals surface area contributed by atoms with Gasteiger partial charge in [-0.1, -0.05) is 6.07 Å². The molecule has 0 spiro atoms. The quantitative estimate of drug-likeness (QED) is 0.771. The van der Waals surface area contributed by atoms with E-state index in [1.807, 2.05) is 38.1 Å². The second-order valence-electron chi connectivity index (χ2n) is 4.03. The molecule has 0 unspecified atom stereocenters. The molecule has 0 saturated heterocycles. The lowest BCUT2D eigenvalue weighted by atomic mass is 10.0. The number of nitrogens with zero attached hydrogens (tertiary/aromatic N) is 1. The van der Waals surface area contributed by atoms with Gasteiger partial charge in [0.15, 0.2) is 0 Å². The fraction of sp³-hybridized carbons (Fsp3) is 0.200. The number of pyridine rings is 1. The highest BCUT2D eigenvalue weighted by Gasteiger charge is 2.04. The molecule has 0 N–H and O–H groups in total. The highest BCUT2D eigenvalue weighted by molar-refractivity contribution is 5.80. The Balaban J connectivity index is 2.45. The number of rotatable bonds is 4. The molecule has 0 aliphatic heterocycles. The van der Waals surface area contributed by atoms with Crippen molar-refractivity contribution in [1.82, 2.24) is 4.98 Å². The Bertz CT molecular complexity index is 547. The summed E-state index contributed by atoms with van der Waals surface area (Å²) >= 11 is 0.